The fraction of sp³-hybridized carbons (Fsp3) is 0.364. The maximum atomic E-state index is 10.9. The van der Waals surface area contributed by atoms with Crippen LogP contribution in [-0.4, -0.2) is 19.2 Å². The highest BCUT2D eigenvalue weighted by molar-refractivity contribution is 6.31. The Kier molecular flexibility index (Phi) is 5.15. The molecule has 0 saturated carbocycles. The van der Waals surface area contributed by atoms with Crippen LogP contribution in [0.5, 0.6) is 0 Å². The van der Waals surface area contributed by atoms with E-state index in [4.69, 9.17) is 21.1 Å². The van der Waals surface area contributed by atoms with E-state index in [1.807, 2.05) is 18.2 Å². The van der Waals surface area contributed by atoms with Gasteiger partial charge in [0.25, 0.3) is 0 Å². The van der Waals surface area contributed by atoms with Crippen LogP contribution in [0.2, 0.25) is 5.02 Å². The van der Waals surface area contributed by atoms with Gasteiger partial charge >= 0.3 is 5.97 Å². The standard InChI is InChI=1S/C11H13ClO3/c1-2-15-11(13)8-14-7-9-5-3-4-6-10(9)12/h3-6H,2,7-8H2,1H3. The van der Waals surface area contributed by atoms with Crippen LogP contribution in [0, 0.1) is 0 Å². The van der Waals surface area contributed by atoms with E-state index >= 15 is 0 Å². The Bertz CT molecular complexity index is 325. The Morgan fingerprint density at radius 3 is 2.80 bits per heavy atom. The number of benzene rings is 1. The molecule has 82 valence electrons. The molecule has 0 N–H and O–H groups in total. The third kappa shape index (κ3) is 4.32. The molecule has 0 aliphatic rings. The van der Waals surface area contributed by atoms with Crippen molar-refractivity contribution in [3.05, 3.63) is 34.9 Å². The summed E-state index contributed by atoms with van der Waals surface area (Å²) in [7, 11) is 0. The molecule has 3 nitrogen and oxygen atoms in total. The number of halogens is 1. The van der Waals surface area contributed by atoms with Crippen molar-refractivity contribution in [2.75, 3.05) is 13.2 Å². The van der Waals surface area contributed by atoms with Crippen molar-refractivity contribution in [3.8, 4) is 0 Å². The fourth-order valence-corrected chi connectivity index (χ4v) is 1.25. The lowest BCUT2D eigenvalue weighted by molar-refractivity contribution is -0.148. The second-order valence-electron chi connectivity index (χ2n) is 2.89. The number of rotatable bonds is 5. The molecule has 0 heterocycles. The summed E-state index contributed by atoms with van der Waals surface area (Å²) in [6.45, 7) is 2.40. The van der Waals surface area contributed by atoms with Crippen LogP contribution in [-0.2, 0) is 20.9 Å². The zero-order valence-electron chi connectivity index (χ0n) is 8.53. The highest BCUT2D eigenvalue weighted by Crippen LogP contribution is 2.15. The molecule has 0 saturated heterocycles. The minimum atomic E-state index is -0.357. The lowest BCUT2D eigenvalue weighted by Crippen LogP contribution is -2.12. The molecule has 0 aliphatic heterocycles. The number of hydrogen-bond acceptors (Lipinski definition) is 3. The molecule has 1 aromatic rings. The third-order valence-electron chi connectivity index (χ3n) is 1.74. The first-order valence-corrected chi connectivity index (χ1v) is 5.08. The lowest BCUT2D eigenvalue weighted by Gasteiger charge is -2.05. The van der Waals surface area contributed by atoms with Gasteiger partial charge in [0.15, 0.2) is 0 Å². The Morgan fingerprint density at radius 2 is 2.13 bits per heavy atom. The largest absolute Gasteiger partial charge is 0.464 e. The minimum absolute atomic E-state index is 0.0426. The first-order chi connectivity index (χ1) is 7.24. The maximum absolute atomic E-state index is 10.9. The first kappa shape index (κ1) is 12.0. The highest BCUT2D eigenvalue weighted by Gasteiger charge is 2.03. The van der Waals surface area contributed by atoms with Gasteiger partial charge in [-0.05, 0) is 18.6 Å². The monoisotopic (exact) mass is 228 g/mol. The van der Waals surface area contributed by atoms with Crippen LogP contribution < -0.4 is 0 Å². The molecular weight excluding hydrogens is 216 g/mol. The van der Waals surface area contributed by atoms with Gasteiger partial charge < -0.3 is 9.47 Å². The third-order valence-corrected chi connectivity index (χ3v) is 2.11. The van der Waals surface area contributed by atoms with Gasteiger partial charge in [0, 0.05) is 5.02 Å². The molecule has 0 atom stereocenters. The Morgan fingerprint density at radius 1 is 1.40 bits per heavy atom. The van der Waals surface area contributed by atoms with Gasteiger partial charge in [-0.1, -0.05) is 29.8 Å². The first-order valence-electron chi connectivity index (χ1n) is 4.70. The molecule has 0 bridgehead atoms. The van der Waals surface area contributed by atoms with Crippen molar-refractivity contribution < 1.29 is 14.3 Å². The zero-order chi connectivity index (χ0) is 11.1. The Hall–Kier alpha value is -1.06. The van der Waals surface area contributed by atoms with E-state index in [1.165, 1.54) is 0 Å². The van der Waals surface area contributed by atoms with Gasteiger partial charge in [0.2, 0.25) is 0 Å². The highest BCUT2D eigenvalue weighted by atomic mass is 35.5. The summed E-state index contributed by atoms with van der Waals surface area (Å²) in [5, 5.41) is 0.640. The van der Waals surface area contributed by atoms with Crippen LogP contribution in [0.15, 0.2) is 24.3 Å². The van der Waals surface area contributed by atoms with Crippen LogP contribution in [0.25, 0.3) is 0 Å². The predicted molar refractivity (Wildman–Crippen MR) is 57.7 cm³/mol. The smallest absolute Gasteiger partial charge is 0.332 e. The van der Waals surface area contributed by atoms with Gasteiger partial charge in [0.05, 0.1) is 13.2 Å². The average Bonchev–Trinajstić information content (AvgIpc) is 2.21. The van der Waals surface area contributed by atoms with E-state index in [1.54, 1.807) is 13.0 Å². The van der Waals surface area contributed by atoms with Gasteiger partial charge in [-0.3, -0.25) is 0 Å². The number of ether oxygens (including phenoxy) is 2. The van der Waals surface area contributed by atoms with Gasteiger partial charge in [0.1, 0.15) is 6.61 Å². The number of carbonyl (C=O) groups is 1. The molecule has 0 radical (unpaired) electrons. The molecule has 4 heteroatoms. The zero-order valence-corrected chi connectivity index (χ0v) is 9.29. The van der Waals surface area contributed by atoms with Crippen molar-refractivity contribution in [1.82, 2.24) is 0 Å². The number of carbonyl (C=O) groups excluding carboxylic acids is 1. The van der Waals surface area contributed by atoms with Gasteiger partial charge in [-0.2, -0.15) is 0 Å². The molecule has 0 unspecified atom stereocenters. The summed E-state index contributed by atoms with van der Waals surface area (Å²) < 4.78 is 9.87. The summed E-state index contributed by atoms with van der Waals surface area (Å²) >= 11 is 5.90. The number of hydrogen-bond donors (Lipinski definition) is 0. The summed E-state index contributed by atoms with van der Waals surface area (Å²) in [4.78, 5) is 10.9. The molecule has 0 fully saturated rings. The van der Waals surface area contributed by atoms with Crippen molar-refractivity contribution in [3.63, 3.8) is 0 Å². The second kappa shape index (κ2) is 6.43. The van der Waals surface area contributed by atoms with E-state index in [2.05, 4.69) is 0 Å². The Labute approximate surface area is 93.9 Å². The molecule has 0 amide bonds. The van der Waals surface area contributed by atoms with Crippen LogP contribution in [0.3, 0.4) is 0 Å². The van der Waals surface area contributed by atoms with Crippen molar-refractivity contribution in [2.24, 2.45) is 0 Å². The van der Waals surface area contributed by atoms with E-state index < -0.39 is 0 Å². The second-order valence-corrected chi connectivity index (χ2v) is 3.30. The average molecular weight is 229 g/mol. The number of esters is 1. The molecule has 1 rings (SSSR count). The van der Waals surface area contributed by atoms with Crippen LogP contribution >= 0.6 is 11.6 Å². The van der Waals surface area contributed by atoms with Crippen LogP contribution in [0.1, 0.15) is 12.5 Å². The summed E-state index contributed by atoms with van der Waals surface area (Å²) in [5.41, 5.74) is 0.864. The van der Waals surface area contributed by atoms with E-state index in [9.17, 15) is 4.79 Å². The van der Waals surface area contributed by atoms with Gasteiger partial charge in [-0.15, -0.1) is 0 Å². The molecular formula is C11H13ClO3. The normalized spacial score (nSPS) is 10.0. The molecule has 0 aromatic heterocycles. The van der Waals surface area contributed by atoms with Crippen LogP contribution in [0.4, 0.5) is 0 Å². The van der Waals surface area contributed by atoms with E-state index in [0.717, 1.165) is 5.56 Å². The van der Waals surface area contributed by atoms with Gasteiger partial charge in [-0.25, -0.2) is 4.79 Å². The lowest BCUT2D eigenvalue weighted by atomic mass is 10.2. The van der Waals surface area contributed by atoms with Crippen molar-refractivity contribution >= 4 is 17.6 Å². The Balaban J connectivity index is 2.32. The predicted octanol–water partition coefficient (Wildman–Crippen LogP) is 2.42. The molecule has 1 aromatic carbocycles. The van der Waals surface area contributed by atoms with Crippen molar-refractivity contribution in [2.45, 2.75) is 13.5 Å². The molecule has 0 spiro atoms. The molecule has 15 heavy (non-hydrogen) atoms. The maximum Gasteiger partial charge on any atom is 0.332 e. The summed E-state index contributed by atoms with van der Waals surface area (Å²) in [6, 6.07) is 7.35. The summed E-state index contributed by atoms with van der Waals surface area (Å²) in [6.07, 6.45) is 0. The van der Waals surface area contributed by atoms with E-state index in [0.29, 0.717) is 18.2 Å². The summed E-state index contributed by atoms with van der Waals surface area (Å²) in [5.74, 6) is -0.357. The minimum Gasteiger partial charge on any atom is -0.464 e. The van der Waals surface area contributed by atoms with Crippen molar-refractivity contribution in [1.29, 1.82) is 0 Å². The SMILES string of the molecule is CCOC(=O)COCc1ccccc1Cl. The quantitative estimate of drug-likeness (QED) is 0.726. The molecule has 0 aliphatic carbocycles. The van der Waals surface area contributed by atoms with E-state index in [-0.39, 0.29) is 12.6 Å². The fourth-order valence-electron chi connectivity index (χ4n) is 1.06. The topological polar surface area (TPSA) is 35.5 Å².